The van der Waals surface area contributed by atoms with Crippen LogP contribution in [0.1, 0.15) is 56.1 Å². The number of rotatable bonds is 8. The lowest BCUT2D eigenvalue weighted by Crippen LogP contribution is -2.41. The average molecular weight is 465 g/mol. The molecule has 180 valence electrons. The molecule has 2 aliphatic carbocycles. The fourth-order valence-electron chi connectivity index (χ4n) is 5.00. The van der Waals surface area contributed by atoms with Crippen molar-refractivity contribution in [3.05, 3.63) is 59.7 Å². The maximum atomic E-state index is 12.5. The summed E-state index contributed by atoms with van der Waals surface area (Å²) in [5, 5.41) is 14.9. The molecule has 0 heterocycles. The number of carbonyl (C=O) groups is 3. The lowest BCUT2D eigenvalue weighted by atomic mass is 9.86. The summed E-state index contributed by atoms with van der Waals surface area (Å²) in [6.45, 7) is 2.43. The summed E-state index contributed by atoms with van der Waals surface area (Å²) in [4.78, 5) is 35.8. The molecule has 3 N–H and O–H groups in total. The number of benzene rings is 2. The molecular weight excluding hydrogens is 432 g/mol. The Morgan fingerprint density at radius 2 is 1.56 bits per heavy atom. The molecule has 1 atom stereocenters. The van der Waals surface area contributed by atoms with Crippen LogP contribution in [0.4, 0.5) is 4.79 Å². The zero-order chi connectivity index (χ0) is 24.1. The van der Waals surface area contributed by atoms with Crippen LogP contribution in [0.25, 0.3) is 11.1 Å². The van der Waals surface area contributed by atoms with Crippen molar-refractivity contribution in [2.75, 3.05) is 13.2 Å². The topological polar surface area (TPSA) is 105 Å². The van der Waals surface area contributed by atoms with Gasteiger partial charge in [0.05, 0.1) is 5.92 Å². The standard InChI is InChI=1S/C27H32N2O5/c1-17(25(30)29-19-12-10-18(11-13-19)26(31)32)14-15-28-27(33)34-16-24-22-8-4-2-6-20(22)21-7-3-5-9-23(21)24/h2-9,17-19,24H,10-16H2,1H3,(H,28,33)(H,29,30)(H,31,32). The van der Waals surface area contributed by atoms with E-state index in [0.717, 1.165) is 0 Å². The molecule has 0 spiro atoms. The largest absolute Gasteiger partial charge is 0.481 e. The molecule has 0 aliphatic heterocycles. The number of aliphatic carboxylic acids is 1. The number of hydrogen-bond acceptors (Lipinski definition) is 4. The SMILES string of the molecule is CC(CCNC(=O)OCC1c2ccccc2-c2ccccc21)C(=O)NC1CCC(C(=O)O)CC1. The second-order valence-electron chi connectivity index (χ2n) is 9.34. The first kappa shape index (κ1) is 23.8. The molecule has 2 aromatic rings. The Morgan fingerprint density at radius 3 is 2.15 bits per heavy atom. The van der Waals surface area contributed by atoms with E-state index in [9.17, 15) is 14.4 Å². The third-order valence-corrected chi connectivity index (χ3v) is 7.06. The third kappa shape index (κ3) is 5.41. The summed E-state index contributed by atoms with van der Waals surface area (Å²) in [5.41, 5.74) is 4.70. The number of alkyl carbamates (subject to hydrolysis) is 1. The van der Waals surface area contributed by atoms with Crippen LogP contribution in [0.2, 0.25) is 0 Å². The number of fused-ring (bicyclic) bond motifs is 3. The molecule has 1 fully saturated rings. The zero-order valence-electron chi connectivity index (χ0n) is 19.5. The second kappa shape index (κ2) is 10.7. The Hall–Kier alpha value is -3.35. The Bertz CT molecular complexity index is 999. The predicted octanol–water partition coefficient (Wildman–Crippen LogP) is 4.31. The van der Waals surface area contributed by atoms with Gasteiger partial charge >= 0.3 is 12.1 Å². The van der Waals surface area contributed by atoms with E-state index in [4.69, 9.17) is 9.84 Å². The highest BCUT2D eigenvalue weighted by Crippen LogP contribution is 2.44. The van der Waals surface area contributed by atoms with Crippen molar-refractivity contribution in [3.8, 4) is 11.1 Å². The number of ether oxygens (including phenoxy) is 1. The first-order chi connectivity index (χ1) is 16.4. The molecule has 2 aromatic carbocycles. The van der Waals surface area contributed by atoms with Gasteiger partial charge in [-0.2, -0.15) is 0 Å². The van der Waals surface area contributed by atoms with Crippen LogP contribution in [0.15, 0.2) is 48.5 Å². The van der Waals surface area contributed by atoms with Gasteiger partial charge in [0.2, 0.25) is 5.91 Å². The van der Waals surface area contributed by atoms with Gasteiger partial charge in [0.15, 0.2) is 0 Å². The van der Waals surface area contributed by atoms with Crippen molar-refractivity contribution in [1.29, 1.82) is 0 Å². The van der Waals surface area contributed by atoms with Crippen LogP contribution in [0.5, 0.6) is 0 Å². The van der Waals surface area contributed by atoms with Crippen molar-refractivity contribution in [2.24, 2.45) is 11.8 Å². The molecule has 2 amide bonds. The van der Waals surface area contributed by atoms with Crippen LogP contribution in [-0.4, -0.2) is 42.3 Å². The molecule has 0 saturated heterocycles. The summed E-state index contributed by atoms with van der Waals surface area (Å²) in [7, 11) is 0. The Morgan fingerprint density at radius 1 is 0.971 bits per heavy atom. The average Bonchev–Trinajstić information content (AvgIpc) is 3.16. The highest BCUT2D eigenvalue weighted by Gasteiger charge is 2.29. The van der Waals surface area contributed by atoms with E-state index in [1.54, 1.807) is 0 Å². The van der Waals surface area contributed by atoms with E-state index < -0.39 is 12.1 Å². The smallest absolute Gasteiger partial charge is 0.407 e. The molecule has 2 aliphatic rings. The molecular formula is C27H32N2O5. The van der Waals surface area contributed by atoms with E-state index in [0.29, 0.717) is 38.6 Å². The summed E-state index contributed by atoms with van der Waals surface area (Å²) < 4.78 is 5.53. The zero-order valence-corrected chi connectivity index (χ0v) is 19.5. The molecule has 0 bridgehead atoms. The first-order valence-electron chi connectivity index (χ1n) is 12.1. The van der Waals surface area contributed by atoms with Crippen LogP contribution in [0, 0.1) is 11.8 Å². The predicted molar refractivity (Wildman–Crippen MR) is 128 cm³/mol. The van der Waals surface area contributed by atoms with Crippen molar-refractivity contribution in [2.45, 2.75) is 51.0 Å². The van der Waals surface area contributed by atoms with E-state index in [-0.39, 0.29) is 36.3 Å². The highest BCUT2D eigenvalue weighted by molar-refractivity contribution is 5.79. The summed E-state index contributed by atoms with van der Waals surface area (Å²) in [6.07, 6.45) is 2.58. The molecule has 4 rings (SSSR count). The molecule has 0 aromatic heterocycles. The maximum absolute atomic E-state index is 12.5. The minimum absolute atomic E-state index is 0.0130. The molecule has 7 heteroatoms. The number of carboxylic acids is 1. The monoisotopic (exact) mass is 464 g/mol. The van der Waals surface area contributed by atoms with E-state index in [1.165, 1.54) is 22.3 Å². The normalized spacial score (nSPS) is 20.0. The Kier molecular flexibility index (Phi) is 7.50. The Balaban J connectivity index is 1.19. The summed E-state index contributed by atoms with van der Waals surface area (Å²) >= 11 is 0. The Labute approximate surface area is 199 Å². The number of nitrogens with one attached hydrogen (secondary N) is 2. The van der Waals surface area contributed by atoms with Crippen molar-refractivity contribution in [3.63, 3.8) is 0 Å². The van der Waals surface area contributed by atoms with Crippen LogP contribution in [-0.2, 0) is 14.3 Å². The van der Waals surface area contributed by atoms with Gasteiger partial charge in [-0.25, -0.2) is 4.79 Å². The summed E-state index contributed by atoms with van der Waals surface area (Å²) in [5.74, 6) is -1.36. The van der Waals surface area contributed by atoms with Crippen LogP contribution < -0.4 is 10.6 Å². The minimum Gasteiger partial charge on any atom is -0.481 e. The fraction of sp³-hybridized carbons (Fsp3) is 0.444. The first-order valence-corrected chi connectivity index (χ1v) is 12.1. The molecule has 1 unspecified atom stereocenters. The van der Waals surface area contributed by atoms with Crippen LogP contribution in [0.3, 0.4) is 0 Å². The lowest BCUT2D eigenvalue weighted by molar-refractivity contribution is -0.142. The van der Waals surface area contributed by atoms with Crippen molar-refractivity contribution < 1.29 is 24.2 Å². The maximum Gasteiger partial charge on any atom is 0.407 e. The van der Waals surface area contributed by atoms with Gasteiger partial charge in [0.1, 0.15) is 6.61 Å². The third-order valence-electron chi connectivity index (χ3n) is 7.06. The van der Waals surface area contributed by atoms with Gasteiger partial charge in [0.25, 0.3) is 0 Å². The molecule has 34 heavy (non-hydrogen) atoms. The van der Waals surface area contributed by atoms with E-state index >= 15 is 0 Å². The minimum atomic E-state index is -0.752. The number of amides is 2. The molecule has 7 nitrogen and oxygen atoms in total. The number of carbonyl (C=O) groups excluding carboxylic acids is 2. The van der Waals surface area contributed by atoms with E-state index in [2.05, 4.69) is 34.9 Å². The van der Waals surface area contributed by atoms with Crippen LogP contribution >= 0.6 is 0 Å². The number of hydrogen-bond donors (Lipinski definition) is 3. The molecule has 1 saturated carbocycles. The van der Waals surface area contributed by atoms with E-state index in [1.807, 2.05) is 31.2 Å². The fourth-order valence-corrected chi connectivity index (χ4v) is 5.00. The number of carboxylic acid groups (broad SMARTS) is 1. The second-order valence-corrected chi connectivity index (χ2v) is 9.34. The lowest BCUT2D eigenvalue weighted by Gasteiger charge is -2.27. The van der Waals surface area contributed by atoms with Gasteiger partial charge in [-0.3, -0.25) is 9.59 Å². The highest BCUT2D eigenvalue weighted by atomic mass is 16.5. The summed E-state index contributed by atoms with van der Waals surface area (Å²) in [6, 6.07) is 16.4. The van der Waals surface area contributed by atoms with Gasteiger partial charge in [-0.05, 0) is 54.4 Å². The van der Waals surface area contributed by atoms with Gasteiger partial charge in [0, 0.05) is 24.4 Å². The van der Waals surface area contributed by atoms with Gasteiger partial charge in [-0.1, -0.05) is 55.5 Å². The quantitative estimate of drug-likeness (QED) is 0.540. The van der Waals surface area contributed by atoms with Crippen molar-refractivity contribution in [1.82, 2.24) is 10.6 Å². The molecule has 0 radical (unpaired) electrons. The van der Waals surface area contributed by atoms with Gasteiger partial charge in [-0.15, -0.1) is 0 Å². The van der Waals surface area contributed by atoms with Gasteiger partial charge < -0.3 is 20.5 Å². The van der Waals surface area contributed by atoms with Crippen molar-refractivity contribution >= 4 is 18.0 Å².